The fourth-order valence-corrected chi connectivity index (χ4v) is 10.9. The number of hydrogen-bond acceptors (Lipinski definition) is 4. The van der Waals surface area contributed by atoms with Crippen molar-refractivity contribution in [3.8, 4) is 23.0 Å². The maximum atomic E-state index is 7.43. The van der Waals surface area contributed by atoms with Crippen LogP contribution in [0.25, 0.3) is 66.5 Å². The van der Waals surface area contributed by atoms with Gasteiger partial charge in [-0.25, -0.2) is 4.98 Å². The predicted molar refractivity (Wildman–Crippen MR) is 288 cm³/mol. The summed E-state index contributed by atoms with van der Waals surface area (Å²) >= 11 is 0. The molecule has 69 heavy (non-hydrogen) atoms. The molecule has 12 rings (SSSR count). The molecule has 1 aliphatic heterocycles. The van der Waals surface area contributed by atoms with Crippen molar-refractivity contribution in [1.29, 1.82) is 0 Å². The third-order valence-electron chi connectivity index (χ3n) is 13.8. The third-order valence-corrected chi connectivity index (χ3v) is 13.8. The zero-order valence-corrected chi connectivity index (χ0v) is 39.9. The Kier molecular flexibility index (Phi) is 10.0. The lowest BCUT2D eigenvalue weighted by Gasteiger charge is -2.28. The fourth-order valence-electron chi connectivity index (χ4n) is 10.9. The first-order valence-corrected chi connectivity index (χ1v) is 23.9. The second kappa shape index (κ2) is 16.5. The number of fused-ring (bicyclic) bond motifs is 7. The van der Waals surface area contributed by atoms with Crippen LogP contribution in [-0.2, 0) is 5.41 Å². The highest BCUT2D eigenvalue weighted by Gasteiger charge is 2.35. The number of anilines is 2. The van der Waals surface area contributed by atoms with Gasteiger partial charge < -0.3 is 19.1 Å². The second-order valence-corrected chi connectivity index (χ2v) is 19.5. The van der Waals surface area contributed by atoms with Crippen LogP contribution in [0.1, 0.15) is 54.2 Å². The number of nitrogens with zero attached hydrogens (tertiary/aromatic N) is 5. The lowest BCUT2D eigenvalue weighted by atomic mass is 9.88. The molecule has 0 saturated carbocycles. The van der Waals surface area contributed by atoms with E-state index in [1.54, 1.807) is 0 Å². The Balaban J connectivity index is 1.10. The van der Waals surface area contributed by atoms with Crippen LogP contribution < -0.4 is 14.5 Å². The molecule has 0 spiro atoms. The summed E-state index contributed by atoms with van der Waals surface area (Å²) in [5, 5.41) is 4.48. The van der Waals surface area contributed by atoms with Gasteiger partial charge in [0.05, 0.1) is 38.8 Å². The van der Waals surface area contributed by atoms with Crippen LogP contribution >= 0.6 is 0 Å². The quantitative estimate of drug-likeness (QED) is 0.152. The van der Waals surface area contributed by atoms with Crippen LogP contribution in [0.15, 0.2) is 200 Å². The minimum atomic E-state index is -0.0651. The molecule has 0 fully saturated rings. The molecule has 0 N–H and O–H groups in total. The first-order chi connectivity index (χ1) is 33.6. The monoisotopic (exact) mass is 895 g/mol. The van der Waals surface area contributed by atoms with Crippen LogP contribution in [0, 0.1) is 20.8 Å². The van der Waals surface area contributed by atoms with Gasteiger partial charge in [-0.15, -0.1) is 0 Å². The normalized spacial score (nSPS) is 13.2. The summed E-state index contributed by atoms with van der Waals surface area (Å²) in [6, 6.07) is 69.7. The molecule has 0 saturated heterocycles. The van der Waals surface area contributed by atoms with E-state index in [0.717, 1.165) is 89.1 Å². The molecule has 0 aliphatic carbocycles. The van der Waals surface area contributed by atoms with Gasteiger partial charge in [0, 0.05) is 62.7 Å². The van der Waals surface area contributed by atoms with Gasteiger partial charge >= 0.3 is 0 Å². The Bertz CT molecular complexity index is 3780. The molecule has 336 valence electrons. The Labute approximate surface area is 403 Å². The Hall–Kier alpha value is -8.35. The summed E-state index contributed by atoms with van der Waals surface area (Å²) < 4.78 is 12.2. The van der Waals surface area contributed by atoms with E-state index in [2.05, 4.69) is 255 Å². The maximum absolute atomic E-state index is 7.43. The van der Waals surface area contributed by atoms with Gasteiger partial charge in [-0.3, -0.25) is 4.57 Å². The summed E-state index contributed by atoms with van der Waals surface area (Å²) in [7, 11) is 0. The average molecular weight is 896 g/mol. The minimum Gasteiger partial charge on any atom is -0.456 e. The van der Waals surface area contributed by atoms with Gasteiger partial charge in [-0.1, -0.05) is 160 Å². The fraction of sp³-hybridized carbons (Fsp3) is 0.127. The van der Waals surface area contributed by atoms with Crippen molar-refractivity contribution in [2.24, 2.45) is 0 Å². The topological polar surface area (TPSA) is 38.5 Å². The Morgan fingerprint density at radius 1 is 0.493 bits per heavy atom. The lowest BCUT2D eigenvalue weighted by molar-refractivity contribution is 0.489. The highest BCUT2D eigenvalue weighted by molar-refractivity contribution is 6.28. The molecule has 3 aromatic heterocycles. The summed E-state index contributed by atoms with van der Waals surface area (Å²) in [6.07, 6.45) is 1.95. The molecular weight excluding hydrogens is 843 g/mol. The van der Waals surface area contributed by atoms with E-state index in [9.17, 15) is 0 Å². The van der Waals surface area contributed by atoms with Crippen LogP contribution in [0.2, 0.25) is 0 Å². The van der Waals surface area contributed by atoms with E-state index in [1.807, 2.05) is 6.20 Å². The number of hydrogen-bond donors (Lipinski definition) is 0. The number of pyridine rings is 1. The molecule has 6 nitrogen and oxygen atoms in total. The zero-order chi connectivity index (χ0) is 47.0. The zero-order valence-electron chi connectivity index (χ0n) is 39.9. The number of rotatable bonds is 8. The van der Waals surface area contributed by atoms with Crippen LogP contribution in [0.4, 0.5) is 11.4 Å². The third kappa shape index (κ3) is 7.05. The molecule has 4 heterocycles. The SMILES string of the molecule is Cc1cc(C)c(N2CN(c3cccc(Oc4cc5c(c6ccccc6n5-c5cc(C(C)(C)C)ccn5)c5c4c4ccccc4n5-c4ccccc4)c3)C(c3ccccc3)=C2c2ccccc2)c(C)c1. The van der Waals surface area contributed by atoms with Crippen molar-refractivity contribution in [3.63, 3.8) is 0 Å². The molecule has 8 aromatic carbocycles. The Morgan fingerprint density at radius 2 is 1.06 bits per heavy atom. The highest BCUT2D eigenvalue weighted by Crippen LogP contribution is 2.49. The summed E-state index contributed by atoms with van der Waals surface area (Å²) in [6.45, 7) is 14.0. The smallest absolute Gasteiger partial charge is 0.139 e. The van der Waals surface area contributed by atoms with Crippen LogP contribution in [0.3, 0.4) is 0 Å². The molecule has 0 radical (unpaired) electrons. The van der Waals surface area contributed by atoms with E-state index >= 15 is 0 Å². The number of para-hydroxylation sites is 3. The van der Waals surface area contributed by atoms with Gasteiger partial charge in [0.15, 0.2) is 0 Å². The average Bonchev–Trinajstić information content (AvgIpc) is 4.03. The maximum Gasteiger partial charge on any atom is 0.139 e. The van der Waals surface area contributed by atoms with E-state index < -0.39 is 0 Å². The summed E-state index contributed by atoms with van der Waals surface area (Å²) in [5.74, 6) is 2.39. The molecule has 0 amide bonds. The van der Waals surface area contributed by atoms with Gasteiger partial charge in [0.1, 0.15) is 24.0 Å². The van der Waals surface area contributed by atoms with Gasteiger partial charge in [0.25, 0.3) is 0 Å². The first-order valence-electron chi connectivity index (χ1n) is 23.9. The molecule has 11 aromatic rings. The summed E-state index contributed by atoms with van der Waals surface area (Å²) in [5.41, 5.74) is 17.2. The van der Waals surface area contributed by atoms with Crippen LogP contribution in [-0.4, -0.2) is 20.8 Å². The van der Waals surface area contributed by atoms with Gasteiger partial charge in [0.2, 0.25) is 0 Å². The van der Waals surface area contributed by atoms with E-state index in [4.69, 9.17) is 9.72 Å². The van der Waals surface area contributed by atoms with E-state index in [1.165, 1.54) is 33.6 Å². The number of aromatic nitrogens is 3. The van der Waals surface area contributed by atoms with Crippen molar-refractivity contribution < 1.29 is 4.74 Å². The van der Waals surface area contributed by atoms with Crippen molar-refractivity contribution in [2.45, 2.75) is 47.0 Å². The molecule has 6 heteroatoms. The van der Waals surface area contributed by atoms with E-state index in [-0.39, 0.29) is 5.41 Å². The van der Waals surface area contributed by atoms with Gasteiger partial charge in [-0.05, 0) is 91.4 Å². The van der Waals surface area contributed by atoms with Crippen molar-refractivity contribution in [3.05, 3.63) is 234 Å². The van der Waals surface area contributed by atoms with Crippen LogP contribution in [0.5, 0.6) is 11.5 Å². The van der Waals surface area contributed by atoms with Crippen molar-refractivity contribution >= 4 is 66.4 Å². The largest absolute Gasteiger partial charge is 0.456 e. The molecule has 0 atom stereocenters. The van der Waals surface area contributed by atoms with Crippen molar-refractivity contribution in [1.82, 2.24) is 14.1 Å². The second-order valence-electron chi connectivity index (χ2n) is 19.5. The number of ether oxygens (including phenoxy) is 1. The molecular formula is C63H53N5O. The highest BCUT2D eigenvalue weighted by atomic mass is 16.5. The Morgan fingerprint density at radius 3 is 1.71 bits per heavy atom. The van der Waals surface area contributed by atoms with Gasteiger partial charge in [-0.2, -0.15) is 0 Å². The summed E-state index contributed by atoms with van der Waals surface area (Å²) in [4.78, 5) is 10.0. The first kappa shape index (κ1) is 42.0. The molecule has 0 unspecified atom stereocenters. The lowest BCUT2D eigenvalue weighted by Crippen LogP contribution is -2.28. The predicted octanol–water partition coefficient (Wildman–Crippen LogP) is 16.1. The van der Waals surface area contributed by atoms with E-state index in [0.29, 0.717) is 6.67 Å². The number of benzene rings is 8. The number of aryl methyl sites for hydroxylation is 3. The molecule has 0 bridgehead atoms. The molecule has 1 aliphatic rings. The van der Waals surface area contributed by atoms with Crippen molar-refractivity contribution in [2.75, 3.05) is 16.5 Å². The standard InChI is InChI=1S/C63H53N5O/c1-41-35-42(2)59(43(3)36-41)66-40-65(60(44-21-10-7-11-22-44)61(66)45-23-12-8-13-24-45)48-27-20-28-49(38-48)69-55-39-54-57(62-58(55)51-30-17-18-31-52(51)67(62)47-25-14-9-15-26-47)50-29-16-19-32-53(50)68(54)56-37-46(33-34-64-56)63(4,5)6/h7-39H,40H2,1-6H3. The minimum absolute atomic E-state index is 0.0651.